The van der Waals surface area contributed by atoms with Crippen LogP contribution in [-0.2, 0) is 9.59 Å². The van der Waals surface area contributed by atoms with E-state index in [9.17, 15) is 14.7 Å². The first kappa shape index (κ1) is 7.54. The normalized spacial score (nSPS) is 34.9. The number of hydrogen-bond acceptors (Lipinski definition) is 3. The number of aliphatic hydroxyl groups is 1. The Morgan fingerprint density at radius 3 is 2.92 bits per heavy atom. The van der Waals surface area contributed by atoms with Gasteiger partial charge in [-0.05, 0) is 0 Å². The third-order valence-corrected chi connectivity index (χ3v) is 2.32. The second-order valence-electron chi connectivity index (χ2n) is 3.17. The topological polar surface area (TPSA) is 69.6 Å². The molecule has 0 aromatic rings. The van der Waals surface area contributed by atoms with E-state index in [-0.39, 0.29) is 18.4 Å². The summed E-state index contributed by atoms with van der Waals surface area (Å²) < 4.78 is 0. The van der Waals surface area contributed by atoms with Crippen LogP contribution in [0.2, 0.25) is 0 Å². The number of nitrogens with zero attached hydrogens (tertiary/aromatic N) is 1. The molecular weight excluding hydrogens is 160 g/mol. The highest BCUT2D eigenvalue weighted by molar-refractivity contribution is 5.95. The van der Waals surface area contributed by atoms with Crippen LogP contribution in [0, 0.1) is 0 Å². The molecule has 2 atom stereocenters. The fourth-order valence-electron chi connectivity index (χ4n) is 1.72. The minimum absolute atomic E-state index is 0.0715. The summed E-state index contributed by atoms with van der Waals surface area (Å²) in [6, 6.07) is -0.429. The van der Waals surface area contributed by atoms with Crippen molar-refractivity contribution in [3.63, 3.8) is 0 Å². The Labute approximate surface area is 69.3 Å². The summed E-state index contributed by atoms with van der Waals surface area (Å²) in [4.78, 5) is 23.8. The van der Waals surface area contributed by atoms with E-state index in [1.807, 2.05) is 0 Å². The highest BCUT2D eigenvalue weighted by Gasteiger charge is 2.41. The molecule has 2 saturated heterocycles. The fourth-order valence-corrected chi connectivity index (χ4v) is 1.72. The van der Waals surface area contributed by atoms with Gasteiger partial charge in [-0.25, -0.2) is 0 Å². The van der Waals surface area contributed by atoms with Crippen molar-refractivity contribution < 1.29 is 14.7 Å². The summed E-state index contributed by atoms with van der Waals surface area (Å²) in [7, 11) is 0. The molecule has 5 heteroatoms. The molecule has 2 aliphatic heterocycles. The predicted octanol–water partition coefficient (Wildman–Crippen LogP) is -1.92. The SMILES string of the molecule is O=C1NCC(=O)N2CC(O)C[C@@H]12. The maximum atomic E-state index is 11.2. The van der Waals surface area contributed by atoms with Gasteiger partial charge in [-0.1, -0.05) is 0 Å². The number of carbonyl (C=O) groups excluding carboxylic acids is 2. The summed E-state index contributed by atoms with van der Waals surface area (Å²) in [6.45, 7) is 0.374. The van der Waals surface area contributed by atoms with E-state index in [1.165, 1.54) is 4.90 Å². The van der Waals surface area contributed by atoms with Crippen LogP contribution in [-0.4, -0.2) is 47.1 Å². The lowest BCUT2D eigenvalue weighted by Gasteiger charge is -2.28. The van der Waals surface area contributed by atoms with Gasteiger partial charge in [0, 0.05) is 13.0 Å². The molecule has 0 bridgehead atoms. The number of aliphatic hydroxyl groups excluding tert-OH is 1. The third-order valence-electron chi connectivity index (χ3n) is 2.32. The molecular formula is C7H10N2O3. The number of fused-ring (bicyclic) bond motifs is 1. The average molecular weight is 170 g/mol. The lowest BCUT2D eigenvalue weighted by molar-refractivity contribution is -0.143. The molecule has 0 radical (unpaired) electrons. The van der Waals surface area contributed by atoms with Crippen LogP contribution in [0.3, 0.4) is 0 Å². The van der Waals surface area contributed by atoms with Gasteiger partial charge in [0.1, 0.15) is 6.04 Å². The zero-order valence-corrected chi connectivity index (χ0v) is 6.49. The molecule has 1 unspecified atom stereocenters. The van der Waals surface area contributed by atoms with E-state index in [1.54, 1.807) is 0 Å². The molecule has 2 fully saturated rings. The fraction of sp³-hybridized carbons (Fsp3) is 0.714. The first-order valence-corrected chi connectivity index (χ1v) is 3.94. The molecule has 0 aromatic heterocycles. The summed E-state index contributed by atoms with van der Waals surface area (Å²) in [6.07, 6.45) is -0.166. The van der Waals surface area contributed by atoms with Crippen molar-refractivity contribution >= 4 is 11.8 Å². The minimum atomic E-state index is -0.539. The van der Waals surface area contributed by atoms with E-state index >= 15 is 0 Å². The van der Waals surface area contributed by atoms with E-state index in [2.05, 4.69) is 5.32 Å². The van der Waals surface area contributed by atoms with Gasteiger partial charge in [-0.15, -0.1) is 0 Å². The van der Waals surface area contributed by atoms with Crippen LogP contribution in [0.15, 0.2) is 0 Å². The quantitative estimate of drug-likeness (QED) is 0.445. The molecule has 0 spiro atoms. The number of rotatable bonds is 0. The zero-order valence-electron chi connectivity index (χ0n) is 6.49. The van der Waals surface area contributed by atoms with Crippen molar-refractivity contribution in [3.8, 4) is 0 Å². The largest absolute Gasteiger partial charge is 0.391 e. The molecule has 5 nitrogen and oxygen atoms in total. The van der Waals surface area contributed by atoms with Crippen molar-refractivity contribution in [2.24, 2.45) is 0 Å². The number of hydrogen-bond donors (Lipinski definition) is 2. The molecule has 2 amide bonds. The average Bonchev–Trinajstić information content (AvgIpc) is 2.41. The molecule has 2 N–H and O–H groups in total. The highest BCUT2D eigenvalue weighted by Crippen LogP contribution is 2.19. The van der Waals surface area contributed by atoms with Gasteiger partial charge >= 0.3 is 0 Å². The van der Waals surface area contributed by atoms with Crippen LogP contribution >= 0.6 is 0 Å². The molecule has 2 heterocycles. The van der Waals surface area contributed by atoms with Gasteiger partial charge in [0.25, 0.3) is 0 Å². The standard InChI is InChI=1S/C7H10N2O3/c10-4-1-5-7(12)8-2-6(11)9(5)3-4/h4-5,10H,1-3H2,(H,8,12)/t4?,5-/m0/s1. The summed E-state index contributed by atoms with van der Waals surface area (Å²) in [5.41, 5.74) is 0. The summed E-state index contributed by atoms with van der Waals surface area (Å²) in [5.74, 6) is -0.248. The van der Waals surface area contributed by atoms with Crippen LogP contribution in [0.5, 0.6) is 0 Å². The van der Waals surface area contributed by atoms with Gasteiger partial charge in [-0.3, -0.25) is 9.59 Å². The molecule has 2 aliphatic rings. The Hall–Kier alpha value is -1.10. The van der Waals surface area contributed by atoms with Crippen LogP contribution in [0.25, 0.3) is 0 Å². The Bertz CT molecular complexity index is 217. The van der Waals surface area contributed by atoms with Gasteiger partial charge < -0.3 is 15.3 Å². The first-order valence-electron chi connectivity index (χ1n) is 3.94. The van der Waals surface area contributed by atoms with Crippen molar-refractivity contribution in [2.75, 3.05) is 13.1 Å². The molecule has 0 saturated carbocycles. The maximum Gasteiger partial charge on any atom is 0.243 e. The minimum Gasteiger partial charge on any atom is -0.391 e. The molecule has 0 aromatic carbocycles. The molecule has 2 rings (SSSR count). The summed E-state index contributed by atoms with van der Waals surface area (Å²) in [5, 5.41) is 11.7. The van der Waals surface area contributed by atoms with Crippen LogP contribution in [0.4, 0.5) is 0 Å². The van der Waals surface area contributed by atoms with E-state index in [4.69, 9.17) is 0 Å². The third kappa shape index (κ3) is 0.972. The van der Waals surface area contributed by atoms with Crippen molar-refractivity contribution in [1.82, 2.24) is 10.2 Å². The molecule has 66 valence electrons. The lowest BCUT2D eigenvalue weighted by Crippen LogP contribution is -2.55. The second-order valence-corrected chi connectivity index (χ2v) is 3.17. The zero-order chi connectivity index (χ0) is 8.72. The monoisotopic (exact) mass is 170 g/mol. The van der Waals surface area contributed by atoms with Gasteiger partial charge in [0.05, 0.1) is 12.6 Å². The van der Waals surface area contributed by atoms with Gasteiger partial charge in [-0.2, -0.15) is 0 Å². The number of amides is 2. The van der Waals surface area contributed by atoms with E-state index in [0.29, 0.717) is 13.0 Å². The second kappa shape index (κ2) is 2.45. The maximum absolute atomic E-state index is 11.2. The Balaban J connectivity index is 2.20. The molecule has 0 aliphatic carbocycles. The van der Waals surface area contributed by atoms with Gasteiger partial charge in [0.2, 0.25) is 11.8 Å². The predicted molar refractivity (Wildman–Crippen MR) is 39.1 cm³/mol. The Kier molecular flexibility index (Phi) is 1.54. The van der Waals surface area contributed by atoms with E-state index < -0.39 is 12.1 Å². The van der Waals surface area contributed by atoms with E-state index in [0.717, 1.165) is 0 Å². The number of carbonyl (C=O) groups is 2. The van der Waals surface area contributed by atoms with Crippen molar-refractivity contribution in [2.45, 2.75) is 18.6 Å². The van der Waals surface area contributed by atoms with Crippen molar-refractivity contribution in [3.05, 3.63) is 0 Å². The summed E-state index contributed by atoms with van der Waals surface area (Å²) >= 11 is 0. The number of nitrogens with one attached hydrogen (secondary N) is 1. The highest BCUT2D eigenvalue weighted by atomic mass is 16.3. The lowest BCUT2D eigenvalue weighted by atomic mass is 10.1. The first-order chi connectivity index (χ1) is 5.68. The van der Waals surface area contributed by atoms with Crippen LogP contribution < -0.4 is 5.32 Å². The Morgan fingerprint density at radius 1 is 1.50 bits per heavy atom. The molecule has 12 heavy (non-hydrogen) atoms. The number of piperazine rings is 1. The van der Waals surface area contributed by atoms with Gasteiger partial charge in [0.15, 0.2) is 0 Å². The smallest absolute Gasteiger partial charge is 0.243 e. The van der Waals surface area contributed by atoms with Crippen molar-refractivity contribution in [1.29, 1.82) is 0 Å². The Morgan fingerprint density at radius 2 is 2.25 bits per heavy atom. The van der Waals surface area contributed by atoms with Crippen LogP contribution in [0.1, 0.15) is 6.42 Å².